The normalized spacial score (nSPS) is 16.3. The first-order valence-electron chi connectivity index (χ1n) is 34.8. The number of rotatable bonds is 16. The Kier molecular flexibility index (Phi) is 31.5. The smallest absolute Gasteiger partial charge is 0.344 e. The molecule has 0 aromatic heterocycles. The molecule has 3 aliphatic rings. The predicted molar refractivity (Wildman–Crippen MR) is 438 cm³/mol. The number of esters is 2. The molecule has 572 valence electrons. The molecule has 0 fully saturated rings. The monoisotopic (exact) mass is 1600 g/mol. The molecule has 0 radical (unpaired) electrons. The van der Waals surface area contributed by atoms with Gasteiger partial charge in [-0.2, -0.15) is 0 Å². The molecule has 9 aromatic carbocycles. The fraction of sp³-hybridized carbons (Fsp3) is 0.279. The van der Waals surface area contributed by atoms with Crippen molar-refractivity contribution in [2.75, 3.05) is 61.7 Å². The van der Waals surface area contributed by atoms with Crippen molar-refractivity contribution < 1.29 is 62.4 Å². The number of hydrogen-bond acceptors (Lipinski definition) is 13. The standard InChI is InChI=1S/C29H29ClN2O5.C26H25ClN2O3.C25H23ClN2O3.C4H7BrO2.2CH4/c1-4-36-28(34)18-37-24-15-9-21(10-16-24)29(35)31-19(2)17-27(25-7-5-6-8-26(25)31)32(20(3)33)23-13-11-22(30)12-14-23;1-17-16-25(29(18(2)30)21-12-10-20(27)11-13-21)23-6-4-5-7-24(23)28(17)26(31)19-8-14-22(32-3)15-9-19;1-16-15-24(28(17(2)29)20-11-9-19(26)10-12-20)22-5-3-4-6-23(22)27(16)25(31)18-7-13-21(30)14-8-18;1-2-7-4(6)3-5;;/h5-16,19,27H,4,17-18H2,1-3H3;4-15,17,25H,16H2,1-3H3;3-14,16,24,30H,15H2,1-2H3;2-3H2,1H3;2*1H4/t19-,27+;17-,25+;16-,24+;;;/m000.../s1. The fourth-order valence-electron chi connectivity index (χ4n) is 13.5. The molecule has 3 heterocycles. The molecule has 19 nitrogen and oxygen atoms in total. The van der Waals surface area contributed by atoms with Crippen LogP contribution in [-0.4, -0.2) is 103 Å². The average Bonchev–Trinajstić information content (AvgIpc) is 0.768. The van der Waals surface area contributed by atoms with Crippen molar-refractivity contribution in [1.29, 1.82) is 0 Å². The third-order valence-corrected chi connectivity index (χ3v) is 19.4. The summed E-state index contributed by atoms with van der Waals surface area (Å²) in [4.78, 5) is 111. The highest BCUT2D eigenvalue weighted by Gasteiger charge is 2.42. The summed E-state index contributed by atoms with van der Waals surface area (Å²) in [5.74, 6) is 0.0304. The molecule has 0 aliphatic carbocycles. The molecule has 0 saturated heterocycles. The summed E-state index contributed by atoms with van der Waals surface area (Å²) in [6, 6.07) is 63.8. The van der Waals surface area contributed by atoms with Gasteiger partial charge in [-0.15, -0.1) is 0 Å². The average molecular weight is 1600 g/mol. The van der Waals surface area contributed by atoms with Gasteiger partial charge in [-0.3, -0.25) is 33.6 Å². The second-order valence-electron chi connectivity index (χ2n) is 25.4. The Morgan fingerprint density at radius 2 is 0.706 bits per heavy atom. The van der Waals surface area contributed by atoms with Gasteiger partial charge in [-0.05, 0) is 234 Å². The number of carbonyl (C=O) groups is 8. The molecule has 0 saturated carbocycles. The zero-order valence-electron chi connectivity index (χ0n) is 60.7. The summed E-state index contributed by atoms with van der Waals surface area (Å²) in [6.07, 6.45) is 1.76. The minimum absolute atomic E-state index is 0. The number of anilines is 6. The van der Waals surface area contributed by atoms with Crippen molar-refractivity contribution in [3.63, 3.8) is 0 Å². The molecule has 0 spiro atoms. The number of phenols is 1. The number of nitrogens with zero attached hydrogens (tertiary/aromatic N) is 6. The van der Waals surface area contributed by atoms with Crippen LogP contribution in [0.3, 0.4) is 0 Å². The quantitative estimate of drug-likeness (QED) is 0.0705. The highest BCUT2D eigenvalue weighted by molar-refractivity contribution is 9.09. The second kappa shape index (κ2) is 40.1. The lowest BCUT2D eigenvalue weighted by Crippen LogP contribution is -2.47. The van der Waals surface area contributed by atoms with Crippen molar-refractivity contribution >= 4 is 132 Å². The maximum absolute atomic E-state index is 13.7. The van der Waals surface area contributed by atoms with Crippen LogP contribution in [-0.2, 0) is 33.4 Å². The molecule has 23 heteroatoms. The molecule has 12 rings (SSSR count). The first-order valence-corrected chi connectivity index (χ1v) is 37.1. The zero-order chi connectivity index (χ0) is 77.2. The highest BCUT2D eigenvalue weighted by Crippen LogP contribution is 2.47. The number of phenolic OH excluding ortho intramolecular Hbond substituents is 1. The second-order valence-corrected chi connectivity index (χ2v) is 27.3. The third-order valence-electron chi connectivity index (χ3n) is 18.2. The van der Waals surface area contributed by atoms with E-state index < -0.39 is 5.97 Å². The highest BCUT2D eigenvalue weighted by atomic mass is 79.9. The van der Waals surface area contributed by atoms with E-state index in [1.807, 2.05) is 135 Å². The number of amides is 6. The lowest BCUT2D eigenvalue weighted by Gasteiger charge is -2.43. The van der Waals surface area contributed by atoms with E-state index in [-0.39, 0.29) is 111 Å². The van der Waals surface area contributed by atoms with Gasteiger partial charge in [-0.25, -0.2) is 4.79 Å². The van der Waals surface area contributed by atoms with Crippen LogP contribution in [0.4, 0.5) is 34.1 Å². The van der Waals surface area contributed by atoms with Gasteiger partial charge >= 0.3 is 11.9 Å². The van der Waals surface area contributed by atoms with E-state index in [4.69, 9.17) is 49.0 Å². The first-order chi connectivity index (χ1) is 51.4. The lowest BCUT2D eigenvalue weighted by atomic mass is 9.89. The lowest BCUT2D eigenvalue weighted by molar-refractivity contribution is -0.145. The molecule has 0 bridgehead atoms. The number of alkyl halides is 1. The van der Waals surface area contributed by atoms with E-state index in [0.29, 0.717) is 74.5 Å². The Morgan fingerprint density at radius 1 is 0.422 bits per heavy atom. The molecular weight excluding hydrogens is 1510 g/mol. The maximum atomic E-state index is 13.7. The van der Waals surface area contributed by atoms with E-state index in [1.165, 1.54) is 12.1 Å². The Morgan fingerprint density at radius 3 is 0.982 bits per heavy atom. The van der Waals surface area contributed by atoms with E-state index in [1.54, 1.807) is 163 Å². The van der Waals surface area contributed by atoms with Gasteiger partial charge in [0.2, 0.25) is 17.7 Å². The molecule has 6 amide bonds. The maximum Gasteiger partial charge on any atom is 0.344 e. The van der Waals surface area contributed by atoms with Gasteiger partial charge < -0.3 is 53.5 Å². The van der Waals surface area contributed by atoms with Gasteiger partial charge in [0.05, 0.1) is 38.4 Å². The van der Waals surface area contributed by atoms with Crippen LogP contribution in [0.1, 0.15) is 155 Å². The molecule has 1 N–H and O–H groups in total. The minimum atomic E-state index is -0.450. The van der Waals surface area contributed by atoms with Crippen LogP contribution in [0.15, 0.2) is 218 Å². The summed E-state index contributed by atoms with van der Waals surface area (Å²) < 4.78 is 20.0. The Balaban J connectivity index is 0.000000216. The largest absolute Gasteiger partial charge is 0.508 e. The van der Waals surface area contributed by atoms with E-state index >= 15 is 0 Å². The molecular formula is C86H92BrCl3N6O13. The number of halogens is 4. The van der Waals surface area contributed by atoms with Crippen molar-refractivity contribution in [3.05, 3.63) is 267 Å². The number of methoxy groups -OCH3 is 1. The Hall–Kier alpha value is -10.5. The molecule has 109 heavy (non-hydrogen) atoms. The van der Waals surface area contributed by atoms with Crippen molar-refractivity contribution in [3.8, 4) is 17.2 Å². The van der Waals surface area contributed by atoms with Gasteiger partial charge in [0.1, 0.15) is 22.6 Å². The summed E-state index contributed by atoms with van der Waals surface area (Å²) in [5, 5.41) is 11.7. The molecule has 3 aliphatic heterocycles. The Bertz CT molecular complexity index is 4590. The van der Waals surface area contributed by atoms with Crippen molar-refractivity contribution in [2.45, 2.75) is 126 Å². The predicted octanol–water partition coefficient (Wildman–Crippen LogP) is 19.5. The van der Waals surface area contributed by atoms with E-state index in [2.05, 4.69) is 20.7 Å². The van der Waals surface area contributed by atoms with Crippen molar-refractivity contribution in [1.82, 2.24) is 0 Å². The number of carbonyl (C=O) groups excluding carboxylic acids is 8. The number of hydrogen-bond donors (Lipinski definition) is 1. The van der Waals surface area contributed by atoms with Crippen LogP contribution in [0.25, 0.3) is 0 Å². The van der Waals surface area contributed by atoms with Gasteiger partial charge in [-0.1, -0.05) is 120 Å². The topological polar surface area (TPSA) is 213 Å². The third kappa shape index (κ3) is 21.1. The summed E-state index contributed by atoms with van der Waals surface area (Å²) in [5.41, 5.74) is 8.99. The number of benzene rings is 9. The Labute approximate surface area is 661 Å². The zero-order valence-corrected chi connectivity index (χ0v) is 64.6. The number of fused-ring (bicyclic) bond motifs is 3. The van der Waals surface area contributed by atoms with Crippen LogP contribution >= 0.6 is 50.7 Å². The summed E-state index contributed by atoms with van der Waals surface area (Å²) >= 11 is 21.1. The van der Waals surface area contributed by atoms with Gasteiger partial charge in [0, 0.05) is 105 Å². The fourth-order valence-corrected chi connectivity index (χ4v) is 14.1. The van der Waals surface area contributed by atoms with Crippen LogP contribution in [0.5, 0.6) is 17.2 Å². The molecule has 9 aromatic rings. The van der Waals surface area contributed by atoms with Crippen LogP contribution < -0.4 is 38.9 Å². The first kappa shape index (κ1) is 85.7. The summed E-state index contributed by atoms with van der Waals surface area (Å²) in [7, 11) is 1.60. The molecule has 6 atom stereocenters. The van der Waals surface area contributed by atoms with Gasteiger partial charge in [0.15, 0.2) is 6.61 Å². The minimum Gasteiger partial charge on any atom is -0.508 e. The molecule has 0 unspecified atom stereocenters. The van der Waals surface area contributed by atoms with Gasteiger partial charge in [0.25, 0.3) is 17.7 Å². The van der Waals surface area contributed by atoms with Crippen LogP contribution in [0, 0.1) is 0 Å². The SMILES string of the molecule is C.C.CC(=O)N(c1ccc(Cl)cc1)[C@@H]1C[C@H](C)N(C(=O)c2ccc(O)cc2)c2ccccc21.CCOC(=O)CBr.CCOC(=O)COc1ccc(C(=O)N2c3ccccc3[C@H](N(C(C)=O)c3ccc(Cl)cc3)C[C@@H]2C)cc1.COc1ccc(C(=O)N2c3ccccc3[C@H](N(C(C)=O)c3ccc(Cl)cc3)C[C@@H]2C)cc1. The number of para-hydroxylation sites is 3. The van der Waals surface area contributed by atoms with Crippen LogP contribution in [0.2, 0.25) is 15.1 Å². The summed E-state index contributed by atoms with van der Waals surface area (Å²) in [6.45, 7) is 14.7. The van der Waals surface area contributed by atoms with E-state index in [0.717, 1.165) is 50.8 Å². The number of aromatic hydroxyl groups is 1. The number of ether oxygens (including phenoxy) is 4. The van der Waals surface area contributed by atoms with E-state index in [9.17, 15) is 43.5 Å². The van der Waals surface area contributed by atoms with Crippen molar-refractivity contribution in [2.24, 2.45) is 0 Å².